The van der Waals surface area contributed by atoms with Gasteiger partial charge in [-0.2, -0.15) is 0 Å². The zero-order valence-electron chi connectivity index (χ0n) is 11.8. The average molecular weight is 293 g/mol. The first-order valence-corrected chi connectivity index (χ1v) is 7.65. The third-order valence-corrected chi connectivity index (χ3v) is 4.60. The summed E-state index contributed by atoms with van der Waals surface area (Å²) in [5, 5.41) is 8.65. The minimum Gasteiger partial charge on any atom is -0.230 e. The molecule has 2 atom stereocenters. The van der Waals surface area contributed by atoms with Crippen LogP contribution in [-0.2, 0) is 6.42 Å². The maximum absolute atomic E-state index is 4.42. The van der Waals surface area contributed by atoms with Crippen molar-refractivity contribution in [2.24, 2.45) is 0 Å². The van der Waals surface area contributed by atoms with E-state index in [0.717, 1.165) is 17.8 Å². The first kappa shape index (κ1) is 12.7. The third-order valence-electron chi connectivity index (χ3n) is 4.24. The second kappa shape index (κ2) is 4.78. The second-order valence-electron chi connectivity index (χ2n) is 5.58. The summed E-state index contributed by atoms with van der Waals surface area (Å²) in [5.41, 5.74) is 7.18. The van der Waals surface area contributed by atoms with Gasteiger partial charge in [-0.3, -0.25) is 0 Å². The molecule has 0 spiro atoms. The van der Waals surface area contributed by atoms with Crippen LogP contribution in [0.4, 0.5) is 0 Å². The number of nitrogens with zero attached hydrogens (tertiary/aromatic N) is 3. The molecule has 0 saturated heterocycles. The van der Waals surface area contributed by atoms with E-state index in [9.17, 15) is 0 Å². The van der Waals surface area contributed by atoms with Crippen molar-refractivity contribution >= 4 is 9.39 Å². The van der Waals surface area contributed by atoms with E-state index < -0.39 is 0 Å². The summed E-state index contributed by atoms with van der Waals surface area (Å²) in [6.07, 6.45) is 1.02. The molecule has 3 aromatic rings. The maximum Gasteiger partial charge on any atom is 0.121 e. The Morgan fingerprint density at radius 1 is 1.05 bits per heavy atom. The third kappa shape index (κ3) is 1.92. The monoisotopic (exact) mass is 293 g/mol. The zero-order valence-corrected chi connectivity index (χ0v) is 13.0. The molecule has 3 nitrogen and oxygen atoms in total. The first-order valence-electron chi connectivity index (χ1n) is 7.14. The molecular weight excluding hydrogens is 277 g/mol. The molecule has 1 heterocycles. The highest BCUT2D eigenvalue weighted by molar-refractivity contribution is 7.14. The Balaban J connectivity index is 2.11. The van der Waals surface area contributed by atoms with Crippen molar-refractivity contribution in [1.29, 1.82) is 0 Å². The van der Waals surface area contributed by atoms with E-state index in [-0.39, 0.29) is 0 Å². The van der Waals surface area contributed by atoms with Gasteiger partial charge in [-0.05, 0) is 32.9 Å². The van der Waals surface area contributed by atoms with Gasteiger partial charge >= 0.3 is 0 Å². The summed E-state index contributed by atoms with van der Waals surface area (Å²) in [7, 11) is 2.65. The van der Waals surface area contributed by atoms with Crippen LogP contribution < -0.4 is 0 Å². The molecule has 0 amide bonds. The van der Waals surface area contributed by atoms with Crippen molar-refractivity contribution in [1.82, 2.24) is 14.8 Å². The smallest absolute Gasteiger partial charge is 0.121 e. The molecule has 1 aliphatic carbocycles. The number of hydrogen-bond donors (Lipinski definition) is 0. The standard InChI is InChI=1S/C17H16N3P/c1-11-10-12-6-2-3-8-14(12)16-17(20(21)19-18-16)15-9-5-4-7-13(11)15/h2-9,11H,10,21H2,1H3. The molecule has 2 unspecified atom stereocenters. The van der Waals surface area contributed by atoms with Crippen molar-refractivity contribution in [2.45, 2.75) is 19.3 Å². The van der Waals surface area contributed by atoms with Gasteiger partial charge in [0.05, 0.1) is 0 Å². The lowest BCUT2D eigenvalue weighted by Gasteiger charge is -2.21. The van der Waals surface area contributed by atoms with Crippen LogP contribution in [0.2, 0.25) is 0 Å². The summed E-state index contributed by atoms with van der Waals surface area (Å²) < 4.78 is 1.81. The predicted molar refractivity (Wildman–Crippen MR) is 88.1 cm³/mol. The van der Waals surface area contributed by atoms with Crippen molar-refractivity contribution in [2.75, 3.05) is 0 Å². The van der Waals surface area contributed by atoms with Crippen LogP contribution in [0.1, 0.15) is 24.0 Å². The topological polar surface area (TPSA) is 30.7 Å². The summed E-state index contributed by atoms with van der Waals surface area (Å²) in [6.45, 7) is 2.29. The Morgan fingerprint density at radius 3 is 2.62 bits per heavy atom. The number of benzene rings is 2. The maximum atomic E-state index is 4.42. The zero-order chi connectivity index (χ0) is 14.4. The van der Waals surface area contributed by atoms with Crippen LogP contribution >= 0.6 is 9.39 Å². The van der Waals surface area contributed by atoms with Crippen LogP contribution in [0.25, 0.3) is 22.5 Å². The molecule has 4 rings (SSSR count). The summed E-state index contributed by atoms with van der Waals surface area (Å²) >= 11 is 0. The van der Waals surface area contributed by atoms with Gasteiger partial charge < -0.3 is 0 Å². The van der Waals surface area contributed by atoms with Gasteiger partial charge in [0.25, 0.3) is 0 Å². The highest BCUT2D eigenvalue weighted by Gasteiger charge is 2.24. The van der Waals surface area contributed by atoms with Crippen molar-refractivity contribution in [3.63, 3.8) is 0 Å². The normalized spacial score (nSPS) is 16.4. The highest BCUT2D eigenvalue weighted by Crippen LogP contribution is 2.41. The van der Waals surface area contributed by atoms with E-state index >= 15 is 0 Å². The fourth-order valence-electron chi connectivity index (χ4n) is 3.24. The summed E-state index contributed by atoms with van der Waals surface area (Å²) in [4.78, 5) is 0. The lowest BCUT2D eigenvalue weighted by atomic mass is 9.83. The molecule has 0 radical (unpaired) electrons. The molecule has 4 heteroatoms. The summed E-state index contributed by atoms with van der Waals surface area (Å²) in [6, 6.07) is 17.1. The van der Waals surface area contributed by atoms with Crippen LogP contribution in [-0.4, -0.2) is 14.8 Å². The largest absolute Gasteiger partial charge is 0.230 e. The molecule has 1 aromatic heterocycles. The molecule has 1 aliphatic rings. The van der Waals surface area contributed by atoms with E-state index in [1.807, 2.05) is 4.45 Å². The first-order chi connectivity index (χ1) is 10.3. The molecular formula is C17H16N3P. The number of rotatable bonds is 0. The Morgan fingerprint density at radius 2 is 1.76 bits per heavy atom. The fourth-order valence-corrected chi connectivity index (χ4v) is 3.55. The Bertz CT molecular complexity index is 822. The van der Waals surface area contributed by atoms with E-state index in [1.54, 1.807) is 0 Å². The quantitative estimate of drug-likeness (QED) is 0.588. The van der Waals surface area contributed by atoms with E-state index in [0.29, 0.717) is 5.92 Å². The molecule has 104 valence electrons. The molecule has 0 N–H and O–H groups in total. The average Bonchev–Trinajstić information content (AvgIpc) is 2.87. The number of fused-ring (bicyclic) bond motifs is 5. The lowest BCUT2D eigenvalue weighted by molar-refractivity contribution is 0.759. The molecule has 0 saturated carbocycles. The Hall–Kier alpha value is -1.99. The van der Waals surface area contributed by atoms with Gasteiger partial charge in [-0.15, -0.1) is 5.10 Å². The van der Waals surface area contributed by atoms with Gasteiger partial charge in [0.1, 0.15) is 11.4 Å². The molecule has 0 aliphatic heterocycles. The van der Waals surface area contributed by atoms with Crippen LogP contribution in [0.15, 0.2) is 48.5 Å². The van der Waals surface area contributed by atoms with Crippen molar-refractivity contribution in [3.05, 3.63) is 59.7 Å². The highest BCUT2D eigenvalue weighted by atomic mass is 31.0. The van der Waals surface area contributed by atoms with E-state index in [4.69, 9.17) is 0 Å². The van der Waals surface area contributed by atoms with Crippen molar-refractivity contribution in [3.8, 4) is 22.5 Å². The van der Waals surface area contributed by atoms with Crippen LogP contribution in [0.3, 0.4) is 0 Å². The van der Waals surface area contributed by atoms with Crippen LogP contribution in [0, 0.1) is 0 Å². The summed E-state index contributed by atoms with van der Waals surface area (Å²) in [5.74, 6) is 0.468. The number of hydrogen-bond acceptors (Lipinski definition) is 2. The van der Waals surface area contributed by atoms with Gasteiger partial charge in [0, 0.05) is 11.1 Å². The minimum absolute atomic E-state index is 0.468. The molecule has 0 fully saturated rings. The van der Waals surface area contributed by atoms with E-state index in [1.165, 1.54) is 22.3 Å². The van der Waals surface area contributed by atoms with Crippen LogP contribution in [0.5, 0.6) is 0 Å². The SMILES string of the molecule is CC1Cc2ccccc2-c2nnn(P)c2-c2ccccc21. The minimum atomic E-state index is 0.468. The fraction of sp³-hybridized carbons (Fsp3) is 0.176. The van der Waals surface area contributed by atoms with Gasteiger partial charge in [0.15, 0.2) is 0 Å². The molecule has 2 aromatic carbocycles. The molecule has 21 heavy (non-hydrogen) atoms. The Labute approximate surface area is 126 Å². The molecule has 0 bridgehead atoms. The lowest BCUT2D eigenvalue weighted by Crippen LogP contribution is -2.06. The van der Waals surface area contributed by atoms with E-state index in [2.05, 4.69) is 75.2 Å². The van der Waals surface area contributed by atoms with Gasteiger partial charge in [-0.1, -0.05) is 60.7 Å². The van der Waals surface area contributed by atoms with Crippen molar-refractivity contribution < 1.29 is 0 Å². The van der Waals surface area contributed by atoms with Gasteiger partial charge in [-0.25, -0.2) is 4.45 Å². The second-order valence-corrected chi connectivity index (χ2v) is 6.07. The van der Waals surface area contributed by atoms with Gasteiger partial charge in [0.2, 0.25) is 0 Å². The Kier molecular flexibility index (Phi) is 2.90. The predicted octanol–water partition coefficient (Wildman–Crippen LogP) is 3.91. The number of aromatic nitrogens is 3.